The van der Waals surface area contributed by atoms with Crippen molar-refractivity contribution in [2.45, 2.75) is 11.8 Å². The first-order chi connectivity index (χ1) is 11.0. The molecule has 0 aliphatic carbocycles. The van der Waals surface area contributed by atoms with E-state index in [-0.39, 0.29) is 21.9 Å². The molecule has 7 heteroatoms. The van der Waals surface area contributed by atoms with Crippen molar-refractivity contribution in [2.75, 3.05) is 0 Å². The molecule has 0 bridgehead atoms. The summed E-state index contributed by atoms with van der Waals surface area (Å²) in [5.41, 5.74) is 0.928. The van der Waals surface area contributed by atoms with Gasteiger partial charge in [-0.2, -0.15) is 0 Å². The largest absolute Gasteiger partial charge is 1.00 e. The Bertz CT molecular complexity index is 668. The molecule has 1 aromatic carbocycles. The smallest absolute Gasteiger partial charge is 0.166 e. The van der Waals surface area contributed by atoms with Crippen LogP contribution in [0.2, 0.25) is 0 Å². The fraction of sp³-hybridized carbons (Fsp3) is 0.0588. The lowest BCUT2D eigenvalue weighted by atomic mass is 10.2. The Kier molecular flexibility index (Phi) is 11.3. The van der Waals surface area contributed by atoms with E-state index in [0.717, 1.165) is 5.56 Å². The van der Waals surface area contributed by atoms with Gasteiger partial charge in [0.05, 0.1) is 4.90 Å². The zero-order valence-electron chi connectivity index (χ0n) is 13.1. The van der Waals surface area contributed by atoms with E-state index in [2.05, 4.69) is 9.97 Å². The van der Waals surface area contributed by atoms with Crippen LogP contribution in [0.1, 0.15) is 5.56 Å². The summed E-state index contributed by atoms with van der Waals surface area (Å²) in [5.74, 6) is 0. The molecule has 3 aromatic rings. The molecule has 24 heavy (non-hydrogen) atoms. The summed E-state index contributed by atoms with van der Waals surface area (Å²) in [7, 11) is -4.27. The first kappa shape index (κ1) is 21.9. The SMILES string of the molecule is Cc1ccc(S(=O)(=O)[O-])cc1.[Br-].c1cc[nH+]cc1.c1cc[nH+]cc1. The van der Waals surface area contributed by atoms with Gasteiger partial charge in [-0.3, -0.25) is 0 Å². The first-order valence-corrected chi connectivity index (χ1v) is 8.26. The molecule has 0 saturated carbocycles. The third-order valence-corrected chi connectivity index (χ3v) is 3.37. The maximum absolute atomic E-state index is 10.4. The van der Waals surface area contributed by atoms with Crippen LogP contribution in [0.25, 0.3) is 0 Å². The number of benzene rings is 1. The molecule has 128 valence electrons. The molecule has 2 heterocycles. The van der Waals surface area contributed by atoms with Crippen LogP contribution >= 0.6 is 0 Å². The minimum absolute atomic E-state index is 0. The van der Waals surface area contributed by atoms with E-state index in [1.54, 1.807) is 12.1 Å². The number of hydrogen-bond donors (Lipinski definition) is 0. The van der Waals surface area contributed by atoms with E-state index in [0.29, 0.717) is 0 Å². The quantitative estimate of drug-likeness (QED) is 0.477. The molecule has 0 spiro atoms. The first-order valence-electron chi connectivity index (χ1n) is 6.85. The molecule has 0 atom stereocenters. The average molecular weight is 411 g/mol. The van der Waals surface area contributed by atoms with Crippen molar-refractivity contribution < 1.29 is 39.9 Å². The fourth-order valence-corrected chi connectivity index (χ4v) is 1.86. The van der Waals surface area contributed by atoms with Gasteiger partial charge in [-0.15, -0.1) is 0 Å². The Morgan fingerprint density at radius 1 is 0.750 bits per heavy atom. The summed E-state index contributed by atoms with van der Waals surface area (Å²) in [5, 5.41) is 0. The highest BCUT2D eigenvalue weighted by atomic mass is 79.9. The number of pyridine rings is 2. The summed E-state index contributed by atoms with van der Waals surface area (Å²) in [6, 6.07) is 17.5. The summed E-state index contributed by atoms with van der Waals surface area (Å²) < 4.78 is 31.2. The van der Waals surface area contributed by atoms with Gasteiger partial charge in [0.2, 0.25) is 0 Å². The van der Waals surface area contributed by atoms with Crippen LogP contribution < -0.4 is 26.9 Å². The monoisotopic (exact) mass is 410 g/mol. The number of nitrogens with one attached hydrogen (secondary N) is 2. The van der Waals surface area contributed by atoms with E-state index >= 15 is 0 Å². The Labute approximate surface area is 153 Å². The molecule has 0 fully saturated rings. The lowest BCUT2D eigenvalue weighted by molar-refractivity contribution is -0.378. The molecule has 0 aliphatic heterocycles. The summed E-state index contributed by atoms with van der Waals surface area (Å²) >= 11 is 0. The lowest BCUT2D eigenvalue weighted by Gasteiger charge is -2.05. The van der Waals surface area contributed by atoms with Gasteiger partial charge >= 0.3 is 0 Å². The van der Waals surface area contributed by atoms with Gasteiger partial charge in [0, 0.05) is 24.3 Å². The minimum Gasteiger partial charge on any atom is -1.00 e. The summed E-state index contributed by atoms with van der Waals surface area (Å²) in [6.07, 6.45) is 7.50. The van der Waals surface area contributed by atoms with E-state index in [1.807, 2.05) is 68.1 Å². The maximum atomic E-state index is 10.4. The van der Waals surface area contributed by atoms with Crippen LogP contribution in [-0.4, -0.2) is 13.0 Å². The molecule has 0 amide bonds. The minimum atomic E-state index is -4.27. The molecule has 0 unspecified atom stereocenters. The highest BCUT2D eigenvalue weighted by Gasteiger charge is 1.97. The second-order valence-corrected chi connectivity index (χ2v) is 5.80. The number of halogens is 1. The van der Waals surface area contributed by atoms with Crippen molar-refractivity contribution in [1.82, 2.24) is 0 Å². The van der Waals surface area contributed by atoms with Crippen molar-refractivity contribution in [3.63, 3.8) is 0 Å². The topological polar surface area (TPSA) is 85.5 Å². The van der Waals surface area contributed by atoms with Crippen molar-refractivity contribution in [3.05, 3.63) is 91.0 Å². The van der Waals surface area contributed by atoms with Gasteiger partial charge in [0.25, 0.3) is 0 Å². The van der Waals surface area contributed by atoms with Crippen molar-refractivity contribution in [3.8, 4) is 0 Å². The van der Waals surface area contributed by atoms with Crippen LogP contribution in [0.3, 0.4) is 0 Å². The molecule has 0 saturated heterocycles. The van der Waals surface area contributed by atoms with Crippen molar-refractivity contribution >= 4 is 10.1 Å². The number of hydrogen-bond acceptors (Lipinski definition) is 3. The van der Waals surface area contributed by atoms with Gasteiger partial charge in [-0.25, -0.2) is 18.4 Å². The molecule has 2 aromatic heterocycles. The van der Waals surface area contributed by atoms with Gasteiger partial charge in [-0.05, 0) is 19.1 Å². The molecule has 2 N–H and O–H groups in total. The van der Waals surface area contributed by atoms with Crippen LogP contribution in [0.4, 0.5) is 0 Å². The second kappa shape index (κ2) is 12.3. The normalized spacial score (nSPS) is 9.25. The molecule has 5 nitrogen and oxygen atoms in total. The highest BCUT2D eigenvalue weighted by Crippen LogP contribution is 2.08. The van der Waals surface area contributed by atoms with Crippen LogP contribution in [0.15, 0.2) is 90.3 Å². The Morgan fingerprint density at radius 2 is 1.12 bits per heavy atom. The van der Waals surface area contributed by atoms with E-state index in [4.69, 9.17) is 0 Å². The highest BCUT2D eigenvalue weighted by molar-refractivity contribution is 7.85. The van der Waals surface area contributed by atoms with E-state index < -0.39 is 10.1 Å². The predicted molar refractivity (Wildman–Crippen MR) is 85.1 cm³/mol. The van der Waals surface area contributed by atoms with Crippen LogP contribution in [0, 0.1) is 6.92 Å². The average Bonchev–Trinajstić information content (AvgIpc) is 2.59. The Hall–Kier alpha value is -2.09. The second-order valence-electron chi connectivity index (χ2n) is 4.42. The number of aryl methyl sites for hydroxylation is 1. The predicted octanol–water partition coefficient (Wildman–Crippen LogP) is -1.10. The standard InChI is InChI=1S/C7H8O3S.2C5H5N.BrH/c1-6-2-4-7(5-3-6)11(8,9)10;2*1-2-4-6-5-3-1;/h2-5H,1H3,(H,8,9,10);2*1-5H;1H. The zero-order chi connectivity index (χ0) is 17.0. The van der Waals surface area contributed by atoms with Gasteiger partial charge in [-0.1, -0.05) is 29.8 Å². The van der Waals surface area contributed by atoms with Crippen molar-refractivity contribution in [2.24, 2.45) is 0 Å². The third-order valence-electron chi connectivity index (χ3n) is 2.52. The van der Waals surface area contributed by atoms with Gasteiger partial charge in [0.15, 0.2) is 24.8 Å². The summed E-state index contributed by atoms with van der Waals surface area (Å²) in [6.45, 7) is 1.82. The fourth-order valence-electron chi connectivity index (χ4n) is 1.39. The molecular formula is C17H19BrN2O3S. The number of H-pyrrole nitrogens is 2. The molecule has 0 aliphatic rings. The van der Waals surface area contributed by atoms with Crippen LogP contribution in [-0.2, 0) is 10.1 Å². The molecule has 3 rings (SSSR count). The van der Waals surface area contributed by atoms with Gasteiger partial charge in [0.1, 0.15) is 10.1 Å². The lowest BCUT2D eigenvalue weighted by Crippen LogP contribution is -3.00. The van der Waals surface area contributed by atoms with Crippen LogP contribution in [0.5, 0.6) is 0 Å². The number of rotatable bonds is 1. The zero-order valence-corrected chi connectivity index (χ0v) is 15.5. The van der Waals surface area contributed by atoms with Crippen molar-refractivity contribution in [1.29, 1.82) is 0 Å². The Morgan fingerprint density at radius 3 is 1.33 bits per heavy atom. The van der Waals surface area contributed by atoms with E-state index in [9.17, 15) is 13.0 Å². The number of aromatic nitrogens is 2. The maximum Gasteiger partial charge on any atom is 0.166 e. The number of aromatic amines is 2. The van der Waals surface area contributed by atoms with E-state index in [1.165, 1.54) is 12.1 Å². The molecular weight excluding hydrogens is 392 g/mol. The summed E-state index contributed by atoms with van der Waals surface area (Å²) in [4.78, 5) is 5.61. The Balaban J connectivity index is 0.000000348. The third kappa shape index (κ3) is 10.6. The van der Waals surface area contributed by atoms with Gasteiger partial charge < -0.3 is 21.5 Å². The molecule has 0 radical (unpaired) electrons.